The van der Waals surface area contributed by atoms with Crippen molar-refractivity contribution in [1.82, 2.24) is 9.97 Å². The number of aromatic nitrogens is 2. The highest BCUT2D eigenvalue weighted by molar-refractivity contribution is 6.11. The Balaban J connectivity index is 1.83. The molecule has 0 radical (unpaired) electrons. The zero-order chi connectivity index (χ0) is 17.8. The van der Waals surface area contributed by atoms with E-state index in [1.165, 1.54) is 18.5 Å². The molecule has 0 bridgehead atoms. The Labute approximate surface area is 144 Å². The number of nitrogens with zero attached hydrogens (tertiary/aromatic N) is 3. The van der Waals surface area contributed by atoms with E-state index < -0.39 is 11.7 Å². The van der Waals surface area contributed by atoms with E-state index in [1.807, 2.05) is 24.1 Å². The summed E-state index contributed by atoms with van der Waals surface area (Å²) in [5.74, 6) is -0.999. The zero-order valence-corrected chi connectivity index (χ0v) is 13.6. The van der Waals surface area contributed by atoms with E-state index in [2.05, 4.69) is 15.3 Å². The Bertz CT molecular complexity index is 899. The highest BCUT2D eigenvalue weighted by Gasteiger charge is 2.14. The van der Waals surface area contributed by atoms with Crippen LogP contribution in [-0.2, 0) is 0 Å². The van der Waals surface area contributed by atoms with Crippen molar-refractivity contribution in [3.05, 3.63) is 60.2 Å². The molecule has 128 valence electrons. The molecular weight excluding hydrogens is 323 g/mol. The van der Waals surface area contributed by atoms with Crippen LogP contribution in [0.2, 0.25) is 0 Å². The first-order chi connectivity index (χ1) is 12.1. The second kappa shape index (κ2) is 7.23. The molecule has 1 heterocycles. The van der Waals surface area contributed by atoms with Crippen LogP contribution in [-0.4, -0.2) is 41.2 Å². The molecule has 0 saturated carbocycles. The van der Waals surface area contributed by atoms with E-state index in [-0.39, 0.29) is 12.2 Å². The number of hydrogen-bond acceptors (Lipinski definition) is 5. The molecule has 25 heavy (non-hydrogen) atoms. The molecule has 3 rings (SSSR count). The fraction of sp³-hybridized carbons (Fsp3) is 0.167. The van der Waals surface area contributed by atoms with Gasteiger partial charge >= 0.3 is 0 Å². The van der Waals surface area contributed by atoms with Gasteiger partial charge in [0.15, 0.2) is 0 Å². The van der Waals surface area contributed by atoms with Gasteiger partial charge in [-0.1, -0.05) is 0 Å². The van der Waals surface area contributed by atoms with E-state index in [0.29, 0.717) is 23.3 Å². The molecule has 0 aliphatic rings. The number of hydrogen-bond donors (Lipinski definition) is 2. The lowest BCUT2D eigenvalue weighted by Crippen LogP contribution is -2.21. The predicted molar refractivity (Wildman–Crippen MR) is 94.2 cm³/mol. The molecule has 0 spiro atoms. The Morgan fingerprint density at radius 1 is 1.20 bits per heavy atom. The summed E-state index contributed by atoms with van der Waals surface area (Å²) in [5, 5.41) is 11.7. The lowest BCUT2D eigenvalue weighted by molar-refractivity contribution is 0.102. The number of carbonyl (C=O) groups is 1. The van der Waals surface area contributed by atoms with Crippen molar-refractivity contribution in [1.29, 1.82) is 0 Å². The van der Waals surface area contributed by atoms with Crippen LogP contribution in [0.15, 0.2) is 48.8 Å². The quantitative estimate of drug-likeness (QED) is 0.746. The number of aliphatic hydroxyl groups excluding tert-OH is 1. The van der Waals surface area contributed by atoms with Crippen molar-refractivity contribution in [2.45, 2.75) is 0 Å². The molecule has 6 nitrogen and oxygen atoms in total. The van der Waals surface area contributed by atoms with Crippen LogP contribution in [0.5, 0.6) is 0 Å². The minimum atomic E-state index is -0.542. The van der Waals surface area contributed by atoms with Crippen molar-refractivity contribution >= 4 is 28.3 Å². The molecule has 1 amide bonds. The number of benzene rings is 2. The molecule has 2 aromatic carbocycles. The SMILES string of the molecule is CN(CCO)c1ccc(NC(=O)c2cc(F)cc3nccnc23)cc1. The van der Waals surface area contributed by atoms with Crippen molar-refractivity contribution in [2.24, 2.45) is 0 Å². The maximum atomic E-state index is 13.7. The summed E-state index contributed by atoms with van der Waals surface area (Å²) in [7, 11) is 1.86. The summed E-state index contributed by atoms with van der Waals surface area (Å²) < 4.78 is 13.7. The number of rotatable bonds is 5. The van der Waals surface area contributed by atoms with Crippen LogP contribution in [0.1, 0.15) is 10.4 Å². The summed E-state index contributed by atoms with van der Waals surface area (Å²) in [4.78, 5) is 22.6. The molecule has 0 atom stereocenters. The average molecular weight is 340 g/mol. The van der Waals surface area contributed by atoms with Gasteiger partial charge in [0.05, 0.1) is 17.7 Å². The van der Waals surface area contributed by atoms with Crippen molar-refractivity contribution in [3.63, 3.8) is 0 Å². The third-order valence-electron chi connectivity index (χ3n) is 3.78. The molecule has 2 N–H and O–H groups in total. The van der Waals surface area contributed by atoms with Crippen LogP contribution in [0.4, 0.5) is 15.8 Å². The van der Waals surface area contributed by atoms with Gasteiger partial charge < -0.3 is 15.3 Å². The summed E-state index contributed by atoms with van der Waals surface area (Å²) in [6.07, 6.45) is 2.91. The summed E-state index contributed by atoms with van der Waals surface area (Å²) in [6.45, 7) is 0.572. The maximum Gasteiger partial charge on any atom is 0.258 e. The van der Waals surface area contributed by atoms with Gasteiger partial charge in [-0.25, -0.2) is 4.39 Å². The Kier molecular flexibility index (Phi) is 4.85. The summed E-state index contributed by atoms with van der Waals surface area (Å²) >= 11 is 0. The number of carbonyl (C=O) groups excluding carboxylic acids is 1. The molecule has 0 saturated heterocycles. The molecular formula is C18H17FN4O2. The molecule has 0 fully saturated rings. The first-order valence-corrected chi connectivity index (χ1v) is 7.72. The van der Waals surface area contributed by atoms with E-state index >= 15 is 0 Å². The number of halogens is 1. The highest BCUT2D eigenvalue weighted by atomic mass is 19.1. The first-order valence-electron chi connectivity index (χ1n) is 7.72. The van der Waals surface area contributed by atoms with E-state index in [4.69, 9.17) is 5.11 Å². The number of fused-ring (bicyclic) bond motifs is 1. The van der Waals surface area contributed by atoms with Gasteiger partial charge in [0.2, 0.25) is 0 Å². The topological polar surface area (TPSA) is 78.4 Å². The van der Waals surface area contributed by atoms with Crippen molar-refractivity contribution in [2.75, 3.05) is 30.4 Å². The van der Waals surface area contributed by atoms with Crippen LogP contribution in [0.3, 0.4) is 0 Å². The number of aliphatic hydroxyl groups is 1. The molecule has 0 unspecified atom stereocenters. The third kappa shape index (κ3) is 3.72. The fourth-order valence-electron chi connectivity index (χ4n) is 2.49. The Hall–Kier alpha value is -3.06. The van der Waals surface area contributed by atoms with Crippen molar-refractivity contribution < 1.29 is 14.3 Å². The summed E-state index contributed by atoms with van der Waals surface area (Å²) in [5.41, 5.74) is 2.29. The van der Waals surface area contributed by atoms with Gasteiger partial charge in [-0.2, -0.15) is 0 Å². The number of anilines is 2. The van der Waals surface area contributed by atoms with E-state index in [1.54, 1.807) is 12.1 Å². The number of nitrogens with one attached hydrogen (secondary N) is 1. The van der Waals surface area contributed by atoms with E-state index in [0.717, 1.165) is 11.8 Å². The lowest BCUT2D eigenvalue weighted by Gasteiger charge is -2.18. The van der Waals surface area contributed by atoms with E-state index in [9.17, 15) is 9.18 Å². The normalized spacial score (nSPS) is 10.7. The average Bonchev–Trinajstić information content (AvgIpc) is 2.61. The van der Waals surface area contributed by atoms with Crippen LogP contribution in [0, 0.1) is 5.82 Å². The molecule has 7 heteroatoms. The maximum absolute atomic E-state index is 13.7. The van der Waals surface area contributed by atoms with Crippen LogP contribution in [0.25, 0.3) is 11.0 Å². The third-order valence-corrected chi connectivity index (χ3v) is 3.78. The van der Waals surface area contributed by atoms with Gasteiger partial charge in [0.25, 0.3) is 5.91 Å². The minimum absolute atomic E-state index is 0.0582. The van der Waals surface area contributed by atoms with Gasteiger partial charge in [0, 0.05) is 43.4 Å². The number of likely N-dealkylation sites (N-methyl/N-ethyl adjacent to an activating group) is 1. The molecule has 3 aromatic rings. The number of amides is 1. The highest BCUT2D eigenvalue weighted by Crippen LogP contribution is 2.20. The Morgan fingerprint density at radius 2 is 1.92 bits per heavy atom. The van der Waals surface area contributed by atoms with Crippen LogP contribution < -0.4 is 10.2 Å². The lowest BCUT2D eigenvalue weighted by atomic mass is 10.1. The van der Waals surface area contributed by atoms with Gasteiger partial charge in [0.1, 0.15) is 11.3 Å². The standard InChI is InChI=1S/C18H17FN4O2/c1-23(8-9-24)14-4-2-13(3-5-14)22-18(25)15-10-12(19)11-16-17(15)21-7-6-20-16/h2-7,10-11,24H,8-9H2,1H3,(H,22,25). The fourth-order valence-corrected chi connectivity index (χ4v) is 2.49. The predicted octanol–water partition coefficient (Wildman–Crippen LogP) is 2.45. The smallest absolute Gasteiger partial charge is 0.258 e. The van der Waals surface area contributed by atoms with Gasteiger partial charge in [-0.05, 0) is 30.3 Å². The second-order valence-electron chi connectivity index (χ2n) is 5.52. The molecule has 0 aliphatic carbocycles. The monoisotopic (exact) mass is 340 g/mol. The first kappa shape index (κ1) is 16.8. The molecule has 1 aromatic heterocycles. The van der Waals surface area contributed by atoms with Crippen molar-refractivity contribution in [3.8, 4) is 0 Å². The van der Waals surface area contributed by atoms with Gasteiger partial charge in [-0.3, -0.25) is 14.8 Å². The molecule has 0 aliphatic heterocycles. The second-order valence-corrected chi connectivity index (χ2v) is 5.52. The zero-order valence-electron chi connectivity index (χ0n) is 13.6. The summed E-state index contributed by atoms with van der Waals surface area (Å²) in [6, 6.07) is 9.53. The van der Waals surface area contributed by atoms with Crippen LogP contribution >= 0.6 is 0 Å². The van der Waals surface area contributed by atoms with Gasteiger partial charge in [-0.15, -0.1) is 0 Å². The minimum Gasteiger partial charge on any atom is -0.395 e. The Morgan fingerprint density at radius 3 is 2.64 bits per heavy atom. The largest absolute Gasteiger partial charge is 0.395 e.